The van der Waals surface area contributed by atoms with Gasteiger partial charge in [0, 0.05) is 18.9 Å². The van der Waals surface area contributed by atoms with Crippen LogP contribution in [0.2, 0.25) is 0 Å². The van der Waals surface area contributed by atoms with Gasteiger partial charge in [0.15, 0.2) is 5.03 Å². The number of hydrazine groups is 1. The third kappa shape index (κ3) is 3.35. The summed E-state index contributed by atoms with van der Waals surface area (Å²) in [7, 11) is -3.75. The molecule has 2 rings (SSSR count). The van der Waals surface area contributed by atoms with Crippen LogP contribution in [-0.4, -0.2) is 29.2 Å². The van der Waals surface area contributed by atoms with Crippen molar-refractivity contribution < 1.29 is 8.42 Å². The molecular formula is C13H17N5O2S. The molecule has 0 amide bonds. The molecule has 3 N–H and O–H groups in total. The fourth-order valence-corrected chi connectivity index (χ4v) is 3.35. The van der Waals surface area contributed by atoms with Crippen molar-refractivity contribution in [2.24, 2.45) is 5.84 Å². The van der Waals surface area contributed by atoms with Gasteiger partial charge in [0.2, 0.25) is 0 Å². The molecular weight excluding hydrogens is 290 g/mol. The van der Waals surface area contributed by atoms with E-state index in [4.69, 9.17) is 5.84 Å². The molecule has 0 aliphatic heterocycles. The lowest BCUT2D eigenvalue weighted by Gasteiger charge is -2.20. The molecule has 112 valence electrons. The molecule has 2 aromatic rings. The van der Waals surface area contributed by atoms with E-state index < -0.39 is 10.0 Å². The Morgan fingerprint density at radius 2 is 1.95 bits per heavy atom. The van der Waals surface area contributed by atoms with Gasteiger partial charge in [0.05, 0.1) is 17.9 Å². The lowest BCUT2D eigenvalue weighted by molar-refractivity contribution is 0.417. The smallest absolute Gasteiger partial charge is 0.263 e. The summed E-state index contributed by atoms with van der Waals surface area (Å²) in [5, 5.41) is -0.0923. The largest absolute Gasteiger partial charge is 0.321 e. The van der Waals surface area contributed by atoms with E-state index in [0.717, 1.165) is 0 Å². The Hall–Kier alpha value is -2.03. The molecule has 0 atom stereocenters. The fourth-order valence-electron chi connectivity index (χ4n) is 1.87. The summed E-state index contributed by atoms with van der Waals surface area (Å²) in [6.45, 7) is 2.25. The zero-order chi connectivity index (χ0) is 15.3. The summed E-state index contributed by atoms with van der Waals surface area (Å²) in [6.07, 6.45) is 3.05. The van der Waals surface area contributed by atoms with Crippen molar-refractivity contribution in [2.75, 3.05) is 12.0 Å². The van der Waals surface area contributed by atoms with Gasteiger partial charge in [0.1, 0.15) is 0 Å². The number of nitrogens with two attached hydrogens (primary N) is 1. The highest BCUT2D eigenvalue weighted by molar-refractivity contribution is 7.89. The first-order chi connectivity index (χ1) is 10.1. The van der Waals surface area contributed by atoms with Gasteiger partial charge in [-0.2, -0.15) is 4.31 Å². The Morgan fingerprint density at radius 3 is 2.57 bits per heavy atom. The Morgan fingerprint density at radius 1 is 1.19 bits per heavy atom. The van der Waals surface area contributed by atoms with E-state index in [0.29, 0.717) is 12.2 Å². The van der Waals surface area contributed by atoms with Crippen molar-refractivity contribution in [3.05, 3.63) is 48.4 Å². The van der Waals surface area contributed by atoms with Gasteiger partial charge < -0.3 is 5.43 Å². The normalized spacial score (nSPS) is 11.6. The molecule has 0 bridgehead atoms. The van der Waals surface area contributed by atoms with Gasteiger partial charge in [-0.05, 0) is 24.3 Å². The van der Waals surface area contributed by atoms with E-state index >= 15 is 0 Å². The number of pyridine rings is 2. The standard InChI is InChI=1S/C13H17N5O2S/c1-2-18(10-11-6-3-4-8-15-11)21(19,20)13-12(17-14)7-5-9-16-13/h3-9,17H,2,10,14H2,1H3. The van der Waals surface area contributed by atoms with E-state index in [1.165, 1.54) is 10.5 Å². The van der Waals surface area contributed by atoms with Crippen molar-refractivity contribution >= 4 is 15.7 Å². The lowest BCUT2D eigenvalue weighted by Crippen LogP contribution is -2.32. The molecule has 0 saturated carbocycles. The summed E-state index contributed by atoms with van der Waals surface area (Å²) in [6, 6.07) is 8.55. The third-order valence-electron chi connectivity index (χ3n) is 2.93. The Labute approximate surface area is 123 Å². The number of rotatable bonds is 6. The maximum atomic E-state index is 12.7. The van der Waals surface area contributed by atoms with E-state index in [1.807, 2.05) is 6.07 Å². The first-order valence-corrected chi connectivity index (χ1v) is 7.85. The number of nitrogen functional groups attached to an aromatic ring is 1. The summed E-state index contributed by atoms with van der Waals surface area (Å²) >= 11 is 0. The van der Waals surface area contributed by atoms with Crippen LogP contribution >= 0.6 is 0 Å². The molecule has 2 heterocycles. The van der Waals surface area contributed by atoms with Gasteiger partial charge in [-0.15, -0.1) is 0 Å². The predicted octanol–water partition coefficient (Wildman–Crippen LogP) is 0.973. The minimum atomic E-state index is -3.75. The van der Waals surface area contributed by atoms with Crippen LogP contribution in [0.15, 0.2) is 47.8 Å². The Bertz CT molecular complexity index is 691. The van der Waals surface area contributed by atoms with Crippen LogP contribution in [0, 0.1) is 0 Å². The lowest BCUT2D eigenvalue weighted by atomic mass is 10.3. The maximum Gasteiger partial charge on any atom is 0.263 e. The number of nitrogens with one attached hydrogen (secondary N) is 1. The topological polar surface area (TPSA) is 101 Å². The molecule has 0 radical (unpaired) electrons. The molecule has 2 aromatic heterocycles. The molecule has 21 heavy (non-hydrogen) atoms. The van der Waals surface area contributed by atoms with E-state index in [-0.39, 0.29) is 17.3 Å². The van der Waals surface area contributed by atoms with Crippen molar-refractivity contribution in [3.8, 4) is 0 Å². The van der Waals surface area contributed by atoms with Crippen molar-refractivity contribution in [3.63, 3.8) is 0 Å². The number of hydrogen-bond acceptors (Lipinski definition) is 6. The van der Waals surface area contributed by atoms with Gasteiger partial charge >= 0.3 is 0 Å². The number of nitrogens with zero attached hydrogens (tertiary/aromatic N) is 3. The van der Waals surface area contributed by atoms with Crippen LogP contribution in [0.3, 0.4) is 0 Å². The molecule has 8 heteroatoms. The summed E-state index contributed by atoms with van der Waals surface area (Å²) in [5.74, 6) is 5.36. The highest BCUT2D eigenvalue weighted by Crippen LogP contribution is 2.22. The summed E-state index contributed by atoms with van der Waals surface area (Å²) < 4.78 is 26.7. The zero-order valence-electron chi connectivity index (χ0n) is 11.6. The van der Waals surface area contributed by atoms with Crippen LogP contribution in [-0.2, 0) is 16.6 Å². The summed E-state index contributed by atoms with van der Waals surface area (Å²) in [5.41, 5.74) is 3.29. The zero-order valence-corrected chi connectivity index (χ0v) is 12.4. The van der Waals surface area contributed by atoms with Crippen molar-refractivity contribution in [1.29, 1.82) is 0 Å². The Balaban J connectivity index is 2.36. The molecule has 0 aliphatic carbocycles. The second kappa shape index (κ2) is 6.61. The van der Waals surface area contributed by atoms with Crippen molar-refractivity contribution in [2.45, 2.75) is 18.5 Å². The maximum absolute atomic E-state index is 12.7. The predicted molar refractivity (Wildman–Crippen MR) is 79.6 cm³/mol. The molecule has 7 nitrogen and oxygen atoms in total. The van der Waals surface area contributed by atoms with Crippen LogP contribution in [0.25, 0.3) is 0 Å². The fraction of sp³-hybridized carbons (Fsp3) is 0.231. The minimum absolute atomic E-state index is 0.0923. The number of sulfonamides is 1. The average Bonchev–Trinajstić information content (AvgIpc) is 2.53. The minimum Gasteiger partial charge on any atom is -0.321 e. The van der Waals surface area contributed by atoms with E-state index in [9.17, 15) is 8.42 Å². The quantitative estimate of drug-likeness (QED) is 0.609. The molecule has 0 spiro atoms. The molecule has 0 unspecified atom stereocenters. The monoisotopic (exact) mass is 307 g/mol. The highest BCUT2D eigenvalue weighted by atomic mass is 32.2. The first-order valence-electron chi connectivity index (χ1n) is 6.41. The molecule has 0 saturated heterocycles. The van der Waals surface area contributed by atoms with Gasteiger partial charge in [-0.25, -0.2) is 13.4 Å². The number of anilines is 1. The number of hydrogen-bond donors (Lipinski definition) is 2. The third-order valence-corrected chi connectivity index (χ3v) is 4.81. The Kier molecular flexibility index (Phi) is 4.84. The molecule has 0 fully saturated rings. The average molecular weight is 307 g/mol. The second-order valence-electron chi connectivity index (χ2n) is 4.25. The van der Waals surface area contributed by atoms with E-state index in [2.05, 4.69) is 15.4 Å². The van der Waals surface area contributed by atoms with Gasteiger partial charge in [-0.3, -0.25) is 10.8 Å². The second-order valence-corrected chi connectivity index (χ2v) is 6.11. The highest BCUT2D eigenvalue weighted by Gasteiger charge is 2.27. The first kappa shape index (κ1) is 15.4. The van der Waals surface area contributed by atoms with Crippen LogP contribution in [0.1, 0.15) is 12.6 Å². The molecule has 0 aliphatic rings. The molecule has 0 aromatic carbocycles. The van der Waals surface area contributed by atoms with Crippen molar-refractivity contribution in [1.82, 2.24) is 14.3 Å². The van der Waals surface area contributed by atoms with Gasteiger partial charge in [-0.1, -0.05) is 13.0 Å². The van der Waals surface area contributed by atoms with E-state index in [1.54, 1.807) is 37.4 Å². The van der Waals surface area contributed by atoms with Crippen LogP contribution < -0.4 is 11.3 Å². The van der Waals surface area contributed by atoms with Gasteiger partial charge in [0.25, 0.3) is 10.0 Å². The SMILES string of the molecule is CCN(Cc1ccccn1)S(=O)(=O)c1ncccc1NN. The summed E-state index contributed by atoms with van der Waals surface area (Å²) in [4.78, 5) is 8.09. The number of aromatic nitrogens is 2. The van der Waals surface area contributed by atoms with Crippen LogP contribution in [0.4, 0.5) is 5.69 Å². The van der Waals surface area contributed by atoms with Crippen LogP contribution in [0.5, 0.6) is 0 Å².